The van der Waals surface area contributed by atoms with Gasteiger partial charge in [0.05, 0.1) is 13.2 Å². The number of piperidine rings is 1. The van der Waals surface area contributed by atoms with Gasteiger partial charge in [-0.1, -0.05) is 6.07 Å². The number of ether oxygens (including phenoxy) is 1. The van der Waals surface area contributed by atoms with Crippen molar-refractivity contribution in [2.24, 2.45) is 5.73 Å². The van der Waals surface area contributed by atoms with Crippen molar-refractivity contribution in [3.05, 3.63) is 29.3 Å². The number of amides is 3. The molecular formula is C17H21N3O4S. The zero-order valence-corrected chi connectivity index (χ0v) is 14.6. The summed E-state index contributed by atoms with van der Waals surface area (Å²) in [6.45, 7) is 2.03. The van der Waals surface area contributed by atoms with Gasteiger partial charge in [0.2, 0.25) is 11.8 Å². The fourth-order valence-electron chi connectivity index (χ4n) is 3.09. The summed E-state index contributed by atoms with van der Waals surface area (Å²) in [5, 5.41) is 2.32. The van der Waals surface area contributed by atoms with Crippen molar-refractivity contribution in [3.8, 4) is 0 Å². The predicted molar refractivity (Wildman–Crippen MR) is 93.1 cm³/mol. The second-order valence-electron chi connectivity index (χ2n) is 5.93. The highest BCUT2D eigenvalue weighted by Crippen LogP contribution is 2.34. The van der Waals surface area contributed by atoms with Gasteiger partial charge >= 0.3 is 0 Å². The van der Waals surface area contributed by atoms with Crippen molar-refractivity contribution in [1.82, 2.24) is 10.2 Å². The van der Waals surface area contributed by atoms with Crippen LogP contribution in [0.5, 0.6) is 0 Å². The second-order valence-corrected chi connectivity index (χ2v) is 7.07. The molecule has 3 N–H and O–H groups in total. The molecule has 0 saturated carbocycles. The number of rotatable bonds is 7. The molecule has 1 aromatic rings. The first-order valence-electron chi connectivity index (χ1n) is 8.29. The van der Waals surface area contributed by atoms with Crippen LogP contribution in [0.1, 0.15) is 28.8 Å². The topological polar surface area (TPSA) is 102 Å². The summed E-state index contributed by atoms with van der Waals surface area (Å²) in [7, 11) is 0. The first kappa shape index (κ1) is 17.9. The molecule has 1 fully saturated rings. The van der Waals surface area contributed by atoms with Crippen LogP contribution in [0, 0.1) is 0 Å². The molecule has 3 rings (SSSR count). The fourth-order valence-corrected chi connectivity index (χ4v) is 4.03. The van der Waals surface area contributed by atoms with Gasteiger partial charge in [-0.3, -0.25) is 19.7 Å². The number of hydrogen-bond donors (Lipinski definition) is 2. The molecule has 0 bridgehead atoms. The molecule has 7 nitrogen and oxygen atoms in total. The average Bonchev–Trinajstić information content (AvgIpc) is 2.92. The molecule has 25 heavy (non-hydrogen) atoms. The summed E-state index contributed by atoms with van der Waals surface area (Å²) in [6.07, 6.45) is 0.635. The van der Waals surface area contributed by atoms with Crippen LogP contribution in [0.3, 0.4) is 0 Å². The van der Waals surface area contributed by atoms with E-state index in [9.17, 15) is 14.4 Å². The molecule has 0 spiro atoms. The normalized spacial score (nSPS) is 20.0. The van der Waals surface area contributed by atoms with E-state index < -0.39 is 6.04 Å². The van der Waals surface area contributed by atoms with E-state index in [0.717, 1.165) is 16.2 Å². The van der Waals surface area contributed by atoms with E-state index >= 15 is 0 Å². The number of fused-ring (bicyclic) bond motifs is 1. The Morgan fingerprint density at radius 2 is 2.12 bits per heavy atom. The van der Waals surface area contributed by atoms with Crippen LogP contribution in [0.25, 0.3) is 0 Å². The van der Waals surface area contributed by atoms with Crippen molar-refractivity contribution in [2.45, 2.75) is 30.3 Å². The maximum absolute atomic E-state index is 12.7. The summed E-state index contributed by atoms with van der Waals surface area (Å²) in [5.74, 6) is -0.0458. The molecule has 1 unspecified atom stereocenters. The third kappa shape index (κ3) is 3.86. The lowest BCUT2D eigenvalue weighted by Gasteiger charge is -2.29. The van der Waals surface area contributed by atoms with Crippen molar-refractivity contribution in [3.63, 3.8) is 0 Å². The fraction of sp³-hybridized carbons (Fsp3) is 0.471. The average molecular weight is 363 g/mol. The lowest BCUT2D eigenvalue weighted by molar-refractivity contribution is -0.136. The summed E-state index contributed by atoms with van der Waals surface area (Å²) >= 11 is 1.63. The number of nitrogens with one attached hydrogen (secondary N) is 1. The summed E-state index contributed by atoms with van der Waals surface area (Å²) in [5.41, 5.74) is 6.97. The highest BCUT2D eigenvalue weighted by atomic mass is 32.2. The molecule has 1 atom stereocenters. The summed E-state index contributed by atoms with van der Waals surface area (Å²) in [4.78, 5) is 38.7. The Morgan fingerprint density at radius 3 is 2.88 bits per heavy atom. The molecule has 8 heteroatoms. The van der Waals surface area contributed by atoms with Crippen LogP contribution in [-0.4, -0.2) is 54.2 Å². The Morgan fingerprint density at radius 1 is 1.28 bits per heavy atom. The molecule has 2 aliphatic rings. The smallest absolute Gasteiger partial charge is 0.255 e. The molecule has 134 valence electrons. The summed E-state index contributed by atoms with van der Waals surface area (Å²) in [6, 6.07) is 5.04. The monoisotopic (exact) mass is 363 g/mol. The summed E-state index contributed by atoms with van der Waals surface area (Å²) < 4.78 is 5.38. The number of nitrogens with two attached hydrogens (primary N) is 1. The number of benzene rings is 1. The van der Waals surface area contributed by atoms with E-state index in [2.05, 4.69) is 5.32 Å². The molecule has 3 amide bonds. The first-order chi connectivity index (χ1) is 12.1. The van der Waals surface area contributed by atoms with E-state index in [1.165, 1.54) is 0 Å². The molecule has 0 radical (unpaired) electrons. The van der Waals surface area contributed by atoms with Gasteiger partial charge in [0.1, 0.15) is 6.04 Å². The van der Waals surface area contributed by atoms with E-state index in [0.29, 0.717) is 38.3 Å². The molecule has 2 heterocycles. The number of carbonyl (C=O) groups excluding carboxylic acids is 3. The van der Waals surface area contributed by atoms with Gasteiger partial charge in [0, 0.05) is 35.7 Å². The number of imide groups is 1. The highest BCUT2D eigenvalue weighted by Gasteiger charge is 2.39. The van der Waals surface area contributed by atoms with Crippen LogP contribution in [0.15, 0.2) is 23.1 Å². The van der Waals surface area contributed by atoms with Gasteiger partial charge in [-0.25, -0.2) is 0 Å². The molecule has 1 saturated heterocycles. The number of thioether (sulfide) groups is 1. The Hall–Kier alpha value is -1.90. The van der Waals surface area contributed by atoms with Gasteiger partial charge in [0.25, 0.3) is 5.91 Å². The number of hydrogen-bond acceptors (Lipinski definition) is 6. The molecule has 2 aliphatic heterocycles. The van der Waals surface area contributed by atoms with Gasteiger partial charge < -0.3 is 15.4 Å². The maximum atomic E-state index is 12.7. The molecular weight excluding hydrogens is 342 g/mol. The predicted octanol–water partition coefficient (Wildman–Crippen LogP) is 0.515. The van der Waals surface area contributed by atoms with E-state index in [1.807, 2.05) is 12.1 Å². The van der Waals surface area contributed by atoms with Crippen LogP contribution < -0.4 is 11.1 Å². The Labute approximate surface area is 150 Å². The Kier molecular flexibility index (Phi) is 5.72. The van der Waals surface area contributed by atoms with Crippen LogP contribution in [-0.2, 0) is 20.9 Å². The number of carbonyl (C=O) groups is 3. The number of nitrogens with zero attached hydrogens (tertiary/aromatic N) is 1. The molecule has 1 aromatic carbocycles. The van der Waals surface area contributed by atoms with Crippen LogP contribution >= 0.6 is 11.8 Å². The lowest BCUT2D eigenvalue weighted by Crippen LogP contribution is -2.52. The largest absolute Gasteiger partial charge is 0.379 e. The highest BCUT2D eigenvalue weighted by molar-refractivity contribution is 7.99. The standard InChI is InChI=1S/C17H21N3O4S/c18-6-7-24-8-9-25-14-3-1-2-11-12(14)10-20(17(11)23)13-4-5-15(21)19-16(13)22/h1-3,13H,4-10,18H2,(H,19,21,22). The first-order valence-corrected chi connectivity index (χ1v) is 9.27. The van der Waals surface area contributed by atoms with Crippen molar-refractivity contribution in [1.29, 1.82) is 0 Å². The SMILES string of the molecule is NCCOCCSc1cccc2c1CN(C1CCC(=O)NC1=O)C2=O. The van der Waals surface area contributed by atoms with E-state index in [4.69, 9.17) is 10.5 Å². The van der Waals surface area contributed by atoms with Gasteiger partial charge in [-0.2, -0.15) is 0 Å². The minimum Gasteiger partial charge on any atom is -0.379 e. The zero-order valence-electron chi connectivity index (χ0n) is 13.8. The van der Waals surface area contributed by atoms with Crippen molar-refractivity contribution < 1.29 is 19.1 Å². The Balaban J connectivity index is 1.69. The molecule has 0 aromatic heterocycles. The Bertz CT molecular complexity index is 694. The zero-order chi connectivity index (χ0) is 17.8. The molecule has 0 aliphatic carbocycles. The maximum Gasteiger partial charge on any atom is 0.255 e. The third-order valence-electron chi connectivity index (χ3n) is 4.29. The quantitative estimate of drug-likeness (QED) is 0.416. The third-order valence-corrected chi connectivity index (χ3v) is 5.35. The van der Waals surface area contributed by atoms with E-state index in [1.54, 1.807) is 22.7 Å². The minimum atomic E-state index is -0.580. The van der Waals surface area contributed by atoms with Crippen LogP contribution in [0.4, 0.5) is 0 Å². The van der Waals surface area contributed by atoms with E-state index in [-0.39, 0.29) is 24.1 Å². The van der Waals surface area contributed by atoms with Crippen LogP contribution in [0.2, 0.25) is 0 Å². The van der Waals surface area contributed by atoms with Gasteiger partial charge in [0.15, 0.2) is 0 Å². The minimum absolute atomic E-state index is 0.147. The lowest BCUT2D eigenvalue weighted by atomic mass is 10.0. The second kappa shape index (κ2) is 7.99. The van der Waals surface area contributed by atoms with Gasteiger partial charge in [-0.15, -0.1) is 11.8 Å². The van der Waals surface area contributed by atoms with Crippen molar-refractivity contribution >= 4 is 29.5 Å². The van der Waals surface area contributed by atoms with Gasteiger partial charge in [-0.05, 0) is 24.1 Å². The van der Waals surface area contributed by atoms with Crippen molar-refractivity contribution in [2.75, 3.05) is 25.5 Å².